The van der Waals surface area contributed by atoms with Gasteiger partial charge in [0.15, 0.2) is 0 Å². The van der Waals surface area contributed by atoms with E-state index in [-0.39, 0.29) is 12.4 Å². The van der Waals surface area contributed by atoms with Crippen molar-refractivity contribution < 1.29 is 8.42 Å². The van der Waals surface area contributed by atoms with Crippen LogP contribution >= 0.6 is 12.4 Å². The number of hydrogen-bond donors (Lipinski definition) is 1. The van der Waals surface area contributed by atoms with Gasteiger partial charge in [-0.1, -0.05) is 18.2 Å². The van der Waals surface area contributed by atoms with E-state index >= 15 is 0 Å². The van der Waals surface area contributed by atoms with Gasteiger partial charge in [0.1, 0.15) is 0 Å². The summed E-state index contributed by atoms with van der Waals surface area (Å²) in [5.41, 5.74) is 0. The summed E-state index contributed by atoms with van der Waals surface area (Å²) in [6.07, 6.45) is 4.54. The molecule has 0 unspecified atom stereocenters. The number of benzene rings is 1. The molecular weight excluding hydrogens is 308 g/mol. The SMILES string of the molecule is Cl.O=S(=O)(c1ccccc1)N1CCC(NCC2CC2)CC1. The van der Waals surface area contributed by atoms with Gasteiger partial charge in [-0.25, -0.2) is 8.42 Å². The van der Waals surface area contributed by atoms with E-state index in [0.29, 0.717) is 24.0 Å². The fourth-order valence-electron chi connectivity index (χ4n) is 2.70. The summed E-state index contributed by atoms with van der Waals surface area (Å²) >= 11 is 0. The zero-order valence-electron chi connectivity index (χ0n) is 12.1. The van der Waals surface area contributed by atoms with Gasteiger partial charge >= 0.3 is 0 Å². The number of piperidine rings is 1. The molecule has 1 N–H and O–H groups in total. The Morgan fingerprint density at radius 2 is 1.67 bits per heavy atom. The molecule has 1 aromatic rings. The van der Waals surface area contributed by atoms with Crippen LogP contribution in [0, 0.1) is 5.92 Å². The van der Waals surface area contributed by atoms with Gasteiger partial charge in [-0.3, -0.25) is 0 Å². The van der Waals surface area contributed by atoms with Crippen molar-refractivity contribution in [1.82, 2.24) is 9.62 Å². The molecule has 0 spiro atoms. The molecule has 1 saturated carbocycles. The Labute approximate surface area is 133 Å². The van der Waals surface area contributed by atoms with Crippen LogP contribution in [0.4, 0.5) is 0 Å². The second kappa shape index (κ2) is 7.09. The fraction of sp³-hybridized carbons (Fsp3) is 0.600. The molecular formula is C15H23ClN2O2S. The number of nitrogens with zero attached hydrogens (tertiary/aromatic N) is 1. The Kier molecular flexibility index (Phi) is 5.66. The molecule has 2 aliphatic rings. The third-order valence-electron chi connectivity index (χ3n) is 4.23. The normalized spacial score (nSPS) is 21.0. The van der Waals surface area contributed by atoms with Crippen molar-refractivity contribution in [2.45, 2.75) is 36.6 Å². The van der Waals surface area contributed by atoms with E-state index in [1.165, 1.54) is 12.8 Å². The molecule has 2 fully saturated rings. The molecule has 1 aliphatic carbocycles. The lowest BCUT2D eigenvalue weighted by atomic mass is 10.1. The zero-order valence-corrected chi connectivity index (χ0v) is 13.7. The first-order valence-corrected chi connectivity index (χ1v) is 8.89. The Balaban J connectivity index is 0.00000161. The second-order valence-electron chi connectivity index (χ2n) is 5.84. The predicted molar refractivity (Wildman–Crippen MR) is 86.2 cm³/mol. The van der Waals surface area contributed by atoms with Crippen LogP contribution in [-0.4, -0.2) is 38.4 Å². The Morgan fingerprint density at radius 3 is 2.24 bits per heavy atom. The molecule has 1 aliphatic heterocycles. The highest BCUT2D eigenvalue weighted by Crippen LogP contribution is 2.28. The van der Waals surface area contributed by atoms with Crippen LogP contribution in [-0.2, 0) is 10.0 Å². The van der Waals surface area contributed by atoms with Crippen molar-refractivity contribution in [3.05, 3.63) is 30.3 Å². The Hall–Kier alpha value is -0.620. The lowest BCUT2D eigenvalue weighted by Gasteiger charge is -2.31. The largest absolute Gasteiger partial charge is 0.314 e. The minimum Gasteiger partial charge on any atom is -0.314 e. The maximum absolute atomic E-state index is 12.5. The highest BCUT2D eigenvalue weighted by Gasteiger charge is 2.30. The summed E-state index contributed by atoms with van der Waals surface area (Å²) in [6.45, 7) is 2.36. The Morgan fingerprint density at radius 1 is 1.05 bits per heavy atom. The average Bonchev–Trinajstić information content (AvgIpc) is 3.31. The van der Waals surface area contributed by atoms with E-state index in [1.807, 2.05) is 6.07 Å². The lowest BCUT2D eigenvalue weighted by Crippen LogP contribution is -2.45. The standard InChI is InChI=1S/C15H22N2O2S.ClH/c18-20(19,15-4-2-1-3-5-15)17-10-8-14(9-11-17)16-12-13-6-7-13;/h1-5,13-14,16H,6-12H2;1H. The summed E-state index contributed by atoms with van der Waals surface area (Å²) in [7, 11) is -3.30. The third-order valence-corrected chi connectivity index (χ3v) is 6.14. The molecule has 0 radical (unpaired) electrons. The van der Waals surface area contributed by atoms with Gasteiger partial charge in [0, 0.05) is 19.1 Å². The van der Waals surface area contributed by atoms with Crippen LogP contribution in [0.15, 0.2) is 35.2 Å². The van der Waals surface area contributed by atoms with Crippen molar-refractivity contribution in [2.24, 2.45) is 5.92 Å². The number of rotatable bonds is 5. The number of halogens is 1. The number of hydrogen-bond acceptors (Lipinski definition) is 3. The molecule has 118 valence electrons. The van der Waals surface area contributed by atoms with E-state index in [9.17, 15) is 8.42 Å². The van der Waals surface area contributed by atoms with Crippen LogP contribution in [0.25, 0.3) is 0 Å². The molecule has 4 nitrogen and oxygen atoms in total. The van der Waals surface area contributed by atoms with E-state index in [4.69, 9.17) is 0 Å². The minimum atomic E-state index is -3.30. The van der Waals surface area contributed by atoms with Crippen LogP contribution in [0.3, 0.4) is 0 Å². The van der Waals surface area contributed by atoms with E-state index in [0.717, 1.165) is 25.3 Å². The molecule has 21 heavy (non-hydrogen) atoms. The number of sulfonamides is 1. The van der Waals surface area contributed by atoms with E-state index in [1.54, 1.807) is 28.6 Å². The quantitative estimate of drug-likeness (QED) is 0.901. The monoisotopic (exact) mass is 330 g/mol. The second-order valence-corrected chi connectivity index (χ2v) is 7.78. The van der Waals surface area contributed by atoms with Gasteiger partial charge in [0.25, 0.3) is 0 Å². The molecule has 0 bridgehead atoms. The van der Waals surface area contributed by atoms with E-state index < -0.39 is 10.0 Å². The minimum absolute atomic E-state index is 0. The molecule has 1 heterocycles. The molecule has 0 amide bonds. The molecule has 0 atom stereocenters. The van der Waals surface area contributed by atoms with Crippen LogP contribution in [0.2, 0.25) is 0 Å². The average molecular weight is 331 g/mol. The summed E-state index contributed by atoms with van der Waals surface area (Å²) in [4.78, 5) is 0.407. The maximum Gasteiger partial charge on any atom is 0.243 e. The van der Waals surface area contributed by atoms with Crippen molar-refractivity contribution in [3.63, 3.8) is 0 Å². The topological polar surface area (TPSA) is 49.4 Å². The van der Waals surface area contributed by atoms with Gasteiger partial charge in [-0.05, 0) is 50.3 Å². The molecule has 1 saturated heterocycles. The summed E-state index contributed by atoms with van der Waals surface area (Å²) in [6, 6.07) is 9.22. The van der Waals surface area contributed by atoms with E-state index in [2.05, 4.69) is 5.32 Å². The summed E-state index contributed by atoms with van der Waals surface area (Å²) in [5.74, 6) is 0.876. The fourth-order valence-corrected chi connectivity index (χ4v) is 4.19. The van der Waals surface area contributed by atoms with Crippen LogP contribution in [0.5, 0.6) is 0 Å². The Bertz CT molecular complexity index is 538. The first-order chi connectivity index (χ1) is 9.66. The zero-order chi connectivity index (χ0) is 14.0. The molecule has 0 aromatic heterocycles. The first-order valence-electron chi connectivity index (χ1n) is 7.45. The van der Waals surface area contributed by atoms with Crippen molar-refractivity contribution in [2.75, 3.05) is 19.6 Å². The van der Waals surface area contributed by atoms with Gasteiger partial charge in [0.05, 0.1) is 4.90 Å². The molecule has 1 aromatic carbocycles. The number of nitrogens with one attached hydrogen (secondary N) is 1. The lowest BCUT2D eigenvalue weighted by molar-refractivity contribution is 0.288. The predicted octanol–water partition coefficient (Wildman–Crippen LogP) is 2.26. The van der Waals surface area contributed by atoms with Gasteiger partial charge in [0.2, 0.25) is 10.0 Å². The first kappa shape index (κ1) is 16.7. The maximum atomic E-state index is 12.5. The summed E-state index contributed by atoms with van der Waals surface area (Å²) in [5, 5.41) is 3.57. The third kappa shape index (κ3) is 4.19. The highest BCUT2D eigenvalue weighted by molar-refractivity contribution is 7.89. The van der Waals surface area contributed by atoms with Crippen molar-refractivity contribution in [3.8, 4) is 0 Å². The van der Waals surface area contributed by atoms with Crippen LogP contribution < -0.4 is 5.32 Å². The van der Waals surface area contributed by atoms with Gasteiger partial charge in [-0.15, -0.1) is 12.4 Å². The molecule has 6 heteroatoms. The van der Waals surface area contributed by atoms with Crippen molar-refractivity contribution >= 4 is 22.4 Å². The van der Waals surface area contributed by atoms with Gasteiger partial charge in [-0.2, -0.15) is 4.31 Å². The summed E-state index contributed by atoms with van der Waals surface area (Å²) < 4.78 is 26.6. The van der Waals surface area contributed by atoms with Crippen molar-refractivity contribution in [1.29, 1.82) is 0 Å². The van der Waals surface area contributed by atoms with Gasteiger partial charge < -0.3 is 5.32 Å². The molecule has 3 rings (SSSR count). The van der Waals surface area contributed by atoms with Crippen LogP contribution in [0.1, 0.15) is 25.7 Å². The smallest absolute Gasteiger partial charge is 0.243 e. The highest BCUT2D eigenvalue weighted by atomic mass is 35.5.